The number of unbranched alkanes of at least 4 members (excludes halogenated alkanes) is 6. The second-order valence-electron chi connectivity index (χ2n) is 11.1. The molecular weight excluding hydrogens is 516 g/mol. The van der Waals surface area contributed by atoms with Gasteiger partial charge < -0.3 is 21.3 Å². The first-order valence-electron chi connectivity index (χ1n) is 15.4. The first-order chi connectivity index (χ1) is 19.8. The zero-order valence-corrected chi connectivity index (χ0v) is 25.1. The minimum atomic E-state index is -0.911. The highest BCUT2D eigenvalue weighted by Crippen LogP contribution is 2.11. The molecule has 3 atom stereocenters. The van der Waals surface area contributed by atoms with Crippen molar-refractivity contribution in [3.05, 3.63) is 60.2 Å². The van der Waals surface area contributed by atoms with E-state index in [-0.39, 0.29) is 29.7 Å². The number of hydrogen-bond acceptors (Lipinski definition) is 4. The van der Waals surface area contributed by atoms with E-state index in [1.807, 2.05) is 44.2 Å². The van der Waals surface area contributed by atoms with Crippen LogP contribution in [0.2, 0.25) is 0 Å². The van der Waals surface area contributed by atoms with Crippen LogP contribution in [-0.2, 0) is 25.6 Å². The molecule has 2 rings (SSSR count). The van der Waals surface area contributed by atoms with Gasteiger partial charge in [-0.1, -0.05) is 108 Å². The number of aryl methyl sites for hydroxylation is 1. The van der Waals surface area contributed by atoms with Gasteiger partial charge in [-0.15, -0.1) is 0 Å². The molecule has 1 heterocycles. The summed E-state index contributed by atoms with van der Waals surface area (Å²) in [6.45, 7) is 6.51. The largest absolute Gasteiger partial charge is 0.352 e. The minimum absolute atomic E-state index is 0.0378. The molecule has 8 nitrogen and oxygen atoms in total. The van der Waals surface area contributed by atoms with Gasteiger partial charge in [-0.25, -0.2) is 0 Å². The zero-order valence-electron chi connectivity index (χ0n) is 25.1. The van der Waals surface area contributed by atoms with E-state index < -0.39 is 18.0 Å². The number of carbonyl (C=O) groups is 4. The van der Waals surface area contributed by atoms with Crippen molar-refractivity contribution in [1.82, 2.24) is 21.3 Å². The van der Waals surface area contributed by atoms with Crippen molar-refractivity contribution in [1.29, 1.82) is 0 Å². The smallest absolute Gasteiger partial charge is 0.247 e. The number of carbonyl (C=O) groups excluding carboxylic acids is 4. The SMILES string of the molecule is CCCCCCCCCC(=O)N[C@@H](CCc1ccccc1)C(=O)N[C@H]1/C=C/CCNC(=O)/C=C/[C@H](C(C)C)NC1=O. The van der Waals surface area contributed by atoms with Gasteiger partial charge in [0.25, 0.3) is 0 Å². The molecule has 0 saturated heterocycles. The Balaban J connectivity index is 2.07. The Morgan fingerprint density at radius 2 is 1.68 bits per heavy atom. The lowest BCUT2D eigenvalue weighted by Crippen LogP contribution is -2.54. The molecule has 1 aliphatic heterocycles. The highest BCUT2D eigenvalue weighted by atomic mass is 16.2. The zero-order chi connectivity index (χ0) is 29.9. The third kappa shape index (κ3) is 14.2. The predicted molar refractivity (Wildman–Crippen MR) is 164 cm³/mol. The van der Waals surface area contributed by atoms with Crippen molar-refractivity contribution in [3.8, 4) is 0 Å². The summed E-state index contributed by atoms with van der Waals surface area (Å²) in [7, 11) is 0. The van der Waals surface area contributed by atoms with Crippen LogP contribution < -0.4 is 21.3 Å². The quantitative estimate of drug-likeness (QED) is 0.185. The molecule has 1 aromatic rings. The van der Waals surface area contributed by atoms with Gasteiger partial charge in [0.2, 0.25) is 23.6 Å². The van der Waals surface area contributed by atoms with Crippen molar-refractivity contribution in [2.45, 2.75) is 110 Å². The summed E-state index contributed by atoms with van der Waals surface area (Å²) in [6.07, 6.45) is 16.2. The Morgan fingerprint density at radius 3 is 2.39 bits per heavy atom. The van der Waals surface area contributed by atoms with Gasteiger partial charge in [-0.2, -0.15) is 0 Å². The molecule has 0 aliphatic carbocycles. The highest BCUT2D eigenvalue weighted by molar-refractivity contribution is 5.93. The van der Waals surface area contributed by atoms with E-state index in [0.29, 0.717) is 32.2 Å². The number of hydrogen-bond donors (Lipinski definition) is 4. The third-order valence-electron chi connectivity index (χ3n) is 7.22. The lowest BCUT2D eigenvalue weighted by Gasteiger charge is -2.25. The molecule has 1 aromatic carbocycles. The van der Waals surface area contributed by atoms with Crippen LogP contribution in [0.3, 0.4) is 0 Å². The summed E-state index contributed by atoms with van der Waals surface area (Å²) >= 11 is 0. The van der Waals surface area contributed by atoms with Crippen LogP contribution in [0.4, 0.5) is 0 Å². The van der Waals surface area contributed by atoms with E-state index in [9.17, 15) is 19.2 Å². The maximum absolute atomic E-state index is 13.5. The summed E-state index contributed by atoms with van der Waals surface area (Å²) in [4.78, 5) is 51.6. The Bertz CT molecular complexity index is 1010. The monoisotopic (exact) mass is 566 g/mol. The number of rotatable bonds is 15. The van der Waals surface area contributed by atoms with Crippen molar-refractivity contribution >= 4 is 23.6 Å². The molecule has 226 valence electrons. The first kappa shape index (κ1) is 33.8. The molecule has 1 aliphatic rings. The Labute approximate surface area is 246 Å². The molecule has 0 fully saturated rings. The minimum Gasteiger partial charge on any atom is -0.352 e. The molecule has 0 radical (unpaired) electrons. The van der Waals surface area contributed by atoms with Gasteiger partial charge in [-0.05, 0) is 37.2 Å². The summed E-state index contributed by atoms with van der Waals surface area (Å²) in [5, 5.41) is 11.5. The molecule has 0 bridgehead atoms. The lowest BCUT2D eigenvalue weighted by molar-refractivity contribution is -0.131. The van der Waals surface area contributed by atoms with Gasteiger partial charge in [0, 0.05) is 25.1 Å². The maximum Gasteiger partial charge on any atom is 0.247 e. The van der Waals surface area contributed by atoms with E-state index in [1.165, 1.54) is 31.8 Å². The van der Waals surface area contributed by atoms with Crippen LogP contribution >= 0.6 is 0 Å². The summed E-state index contributed by atoms with van der Waals surface area (Å²) < 4.78 is 0. The molecule has 4 amide bonds. The molecule has 41 heavy (non-hydrogen) atoms. The summed E-state index contributed by atoms with van der Waals surface area (Å²) in [5.74, 6) is -1.08. The van der Waals surface area contributed by atoms with Gasteiger partial charge in [-0.3, -0.25) is 19.2 Å². The van der Waals surface area contributed by atoms with Crippen molar-refractivity contribution in [2.75, 3.05) is 6.54 Å². The van der Waals surface area contributed by atoms with E-state index in [2.05, 4.69) is 28.2 Å². The van der Waals surface area contributed by atoms with Gasteiger partial charge >= 0.3 is 0 Å². The van der Waals surface area contributed by atoms with Crippen LogP contribution in [0.1, 0.15) is 90.5 Å². The van der Waals surface area contributed by atoms with E-state index in [1.54, 1.807) is 18.2 Å². The standard InChI is InChI=1S/C33H50N4O4/c1-4-5-6-7-8-9-13-19-31(39)35-29(21-20-26-16-11-10-12-17-26)33(41)37-28-18-14-15-24-34-30(38)23-22-27(25(2)3)36-32(28)40/h10-12,14,16-18,22-23,25,27-29H,4-9,13,15,19-21,24H2,1-3H3,(H,34,38)(H,35,39)(H,36,40)(H,37,41)/b18-14+,23-22+/t27-,28+,29+/m1/s1. The van der Waals surface area contributed by atoms with Crippen LogP contribution in [0.25, 0.3) is 0 Å². The molecule has 8 heteroatoms. The summed E-state index contributed by atoms with van der Waals surface area (Å²) in [6, 6.07) is 7.78. The van der Waals surface area contributed by atoms with Crippen molar-refractivity contribution in [3.63, 3.8) is 0 Å². The fourth-order valence-electron chi connectivity index (χ4n) is 4.64. The Hall–Kier alpha value is -3.42. The van der Waals surface area contributed by atoms with Crippen LogP contribution in [0, 0.1) is 5.92 Å². The van der Waals surface area contributed by atoms with E-state index in [4.69, 9.17) is 0 Å². The fraction of sp³-hybridized carbons (Fsp3) is 0.576. The molecule has 4 N–H and O–H groups in total. The maximum atomic E-state index is 13.5. The van der Waals surface area contributed by atoms with E-state index in [0.717, 1.165) is 24.8 Å². The van der Waals surface area contributed by atoms with Crippen LogP contribution in [0.5, 0.6) is 0 Å². The number of benzene rings is 1. The topological polar surface area (TPSA) is 116 Å². The van der Waals surface area contributed by atoms with Gasteiger partial charge in [0.05, 0.1) is 0 Å². The van der Waals surface area contributed by atoms with Gasteiger partial charge in [0.15, 0.2) is 0 Å². The third-order valence-corrected chi connectivity index (χ3v) is 7.22. The highest BCUT2D eigenvalue weighted by Gasteiger charge is 2.27. The molecule has 0 unspecified atom stereocenters. The average Bonchev–Trinajstić information content (AvgIpc) is 2.95. The van der Waals surface area contributed by atoms with E-state index >= 15 is 0 Å². The predicted octanol–water partition coefficient (Wildman–Crippen LogP) is 4.50. The number of amides is 4. The lowest BCUT2D eigenvalue weighted by atomic mass is 10.0. The molecule has 0 spiro atoms. The second kappa shape index (κ2) is 19.6. The molecule has 0 saturated carbocycles. The van der Waals surface area contributed by atoms with Crippen molar-refractivity contribution < 1.29 is 19.2 Å². The second-order valence-corrected chi connectivity index (χ2v) is 11.1. The molecule has 0 aromatic heterocycles. The van der Waals surface area contributed by atoms with Gasteiger partial charge in [0.1, 0.15) is 12.1 Å². The molecular formula is C33H50N4O4. The summed E-state index contributed by atoms with van der Waals surface area (Å²) in [5.41, 5.74) is 1.07. The van der Waals surface area contributed by atoms with Crippen molar-refractivity contribution in [2.24, 2.45) is 5.92 Å². The Kier molecular flexibility index (Phi) is 16.2. The van der Waals surface area contributed by atoms with Crippen LogP contribution in [0.15, 0.2) is 54.6 Å². The van der Waals surface area contributed by atoms with Crippen LogP contribution in [-0.4, -0.2) is 48.3 Å². The Morgan fingerprint density at radius 1 is 0.976 bits per heavy atom. The first-order valence-corrected chi connectivity index (χ1v) is 15.4. The average molecular weight is 567 g/mol. The normalized spacial score (nSPS) is 20.1. The fourth-order valence-corrected chi connectivity index (χ4v) is 4.64. The number of nitrogens with one attached hydrogen (secondary N) is 4.